The summed E-state index contributed by atoms with van der Waals surface area (Å²) in [4.78, 5) is 27.8. The van der Waals surface area contributed by atoms with Gasteiger partial charge in [0.05, 0.1) is 5.69 Å². The van der Waals surface area contributed by atoms with E-state index in [1.807, 2.05) is 37.3 Å². The van der Waals surface area contributed by atoms with Crippen LogP contribution in [0.3, 0.4) is 0 Å². The van der Waals surface area contributed by atoms with E-state index in [0.29, 0.717) is 16.6 Å². The highest BCUT2D eigenvalue weighted by Crippen LogP contribution is 2.16. The Labute approximate surface area is 149 Å². The fourth-order valence-corrected chi connectivity index (χ4v) is 2.87. The fourth-order valence-electron chi connectivity index (χ4n) is 2.87. The van der Waals surface area contributed by atoms with Crippen LogP contribution in [0.5, 0.6) is 0 Å². The van der Waals surface area contributed by atoms with Crippen LogP contribution in [0.1, 0.15) is 16.2 Å². The molecule has 1 amide bonds. The number of para-hydroxylation sites is 1. The first-order valence-corrected chi connectivity index (χ1v) is 8.16. The highest BCUT2D eigenvalue weighted by atomic mass is 16.2. The lowest BCUT2D eigenvalue weighted by atomic mass is 10.2. The predicted molar refractivity (Wildman–Crippen MR) is 101 cm³/mol. The molecule has 2 N–H and O–H groups in total. The molecule has 0 aliphatic carbocycles. The Balaban J connectivity index is 1.65. The number of anilines is 1. The Bertz CT molecular complexity index is 1170. The standard InChI is InChI=1S/C20H16N4O2/c1-13-9-10-21-24(13)15-6-4-5-14(11-15)22-20(26)18-12-19(25)16-7-2-3-8-17(16)23-18/h2-12H,1H3,(H,22,26)(H,23,25). The number of pyridine rings is 1. The van der Waals surface area contributed by atoms with E-state index >= 15 is 0 Å². The van der Waals surface area contributed by atoms with Crippen molar-refractivity contribution < 1.29 is 4.79 Å². The largest absolute Gasteiger partial charge is 0.350 e. The smallest absolute Gasteiger partial charge is 0.272 e. The van der Waals surface area contributed by atoms with Gasteiger partial charge in [0.15, 0.2) is 5.43 Å². The molecule has 0 spiro atoms. The molecule has 0 saturated carbocycles. The molecule has 4 rings (SSSR count). The van der Waals surface area contributed by atoms with Crippen LogP contribution in [0, 0.1) is 6.92 Å². The molecule has 0 unspecified atom stereocenters. The maximum atomic E-state index is 12.6. The number of H-pyrrole nitrogens is 1. The Morgan fingerprint density at radius 3 is 2.73 bits per heavy atom. The van der Waals surface area contributed by atoms with Gasteiger partial charge in [-0.05, 0) is 43.3 Å². The number of aromatic amines is 1. The van der Waals surface area contributed by atoms with Gasteiger partial charge in [-0.15, -0.1) is 0 Å². The summed E-state index contributed by atoms with van der Waals surface area (Å²) in [6.45, 7) is 1.96. The average Bonchev–Trinajstić information content (AvgIpc) is 3.08. The summed E-state index contributed by atoms with van der Waals surface area (Å²) >= 11 is 0. The number of benzene rings is 2. The second kappa shape index (κ2) is 6.33. The zero-order chi connectivity index (χ0) is 18.1. The fraction of sp³-hybridized carbons (Fsp3) is 0.0500. The van der Waals surface area contributed by atoms with Crippen LogP contribution in [0.25, 0.3) is 16.6 Å². The van der Waals surface area contributed by atoms with Gasteiger partial charge in [-0.25, -0.2) is 4.68 Å². The topological polar surface area (TPSA) is 79.8 Å². The molecular weight excluding hydrogens is 328 g/mol. The number of hydrogen-bond donors (Lipinski definition) is 2. The van der Waals surface area contributed by atoms with Gasteiger partial charge in [0, 0.05) is 34.5 Å². The number of carbonyl (C=O) groups is 1. The van der Waals surface area contributed by atoms with Crippen LogP contribution < -0.4 is 10.7 Å². The third-order valence-electron chi connectivity index (χ3n) is 4.16. The first kappa shape index (κ1) is 15.8. The van der Waals surface area contributed by atoms with Crippen molar-refractivity contribution in [3.05, 3.63) is 88.5 Å². The van der Waals surface area contributed by atoms with E-state index in [9.17, 15) is 9.59 Å². The molecule has 6 heteroatoms. The third-order valence-corrected chi connectivity index (χ3v) is 4.16. The highest BCUT2D eigenvalue weighted by molar-refractivity contribution is 6.04. The molecule has 128 valence electrons. The Morgan fingerprint density at radius 1 is 1.08 bits per heavy atom. The molecule has 2 aromatic heterocycles. The molecule has 0 fully saturated rings. The monoisotopic (exact) mass is 344 g/mol. The van der Waals surface area contributed by atoms with Gasteiger partial charge >= 0.3 is 0 Å². The van der Waals surface area contributed by atoms with Gasteiger partial charge in [0.1, 0.15) is 5.69 Å². The van der Waals surface area contributed by atoms with Gasteiger partial charge in [-0.3, -0.25) is 9.59 Å². The lowest BCUT2D eigenvalue weighted by Gasteiger charge is -2.09. The van der Waals surface area contributed by atoms with Crippen molar-refractivity contribution in [2.24, 2.45) is 0 Å². The molecule has 0 aliphatic rings. The summed E-state index contributed by atoms with van der Waals surface area (Å²) in [5.41, 5.74) is 3.12. The first-order valence-electron chi connectivity index (χ1n) is 8.16. The van der Waals surface area contributed by atoms with E-state index in [2.05, 4.69) is 15.4 Å². The number of carbonyl (C=O) groups excluding carboxylic acids is 1. The van der Waals surface area contributed by atoms with Crippen molar-refractivity contribution in [1.82, 2.24) is 14.8 Å². The van der Waals surface area contributed by atoms with Crippen molar-refractivity contribution in [1.29, 1.82) is 0 Å². The Morgan fingerprint density at radius 2 is 1.92 bits per heavy atom. The number of hydrogen-bond acceptors (Lipinski definition) is 3. The minimum Gasteiger partial charge on any atom is -0.350 e. The normalized spacial score (nSPS) is 10.8. The zero-order valence-electron chi connectivity index (χ0n) is 14.1. The zero-order valence-corrected chi connectivity index (χ0v) is 14.1. The number of nitrogens with zero attached hydrogens (tertiary/aromatic N) is 2. The van der Waals surface area contributed by atoms with E-state index in [-0.39, 0.29) is 17.0 Å². The minimum absolute atomic E-state index is 0.189. The van der Waals surface area contributed by atoms with Gasteiger partial charge < -0.3 is 10.3 Å². The van der Waals surface area contributed by atoms with Crippen LogP contribution >= 0.6 is 0 Å². The summed E-state index contributed by atoms with van der Waals surface area (Å²) in [5.74, 6) is -0.373. The van der Waals surface area contributed by atoms with Crippen LogP contribution in [0.15, 0.2) is 71.7 Å². The van der Waals surface area contributed by atoms with Crippen LogP contribution in [-0.4, -0.2) is 20.7 Å². The summed E-state index contributed by atoms with van der Waals surface area (Å²) in [6.07, 6.45) is 1.72. The van der Waals surface area contributed by atoms with E-state index < -0.39 is 0 Å². The maximum Gasteiger partial charge on any atom is 0.272 e. The number of nitrogens with one attached hydrogen (secondary N) is 2. The molecular formula is C20H16N4O2. The number of aromatic nitrogens is 3. The number of amides is 1. The van der Waals surface area contributed by atoms with Gasteiger partial charge in [0.25, 0.3) is 5.91 Å². The molecule has 0 atom stereocenters. The third kappa shape index (κ3) is 2.88. The maximum absolute atomic E-state index is 12.6. The Kier molecular flexibility index (Phi) is 3.85. The summed E-state index contributed by atoms with van der Waals surface area (Å²) in [5, 5.41) is 7.64. The molecule has 0 radical (unpaired) electrons. The molecule has 0 bridgehead atoms. The SMILES string of the molecule is Cc1ccnn1-c1cccc(NC(=O)c2cc(=O)c3ccccc3[nH]2)c1. The lowest BCUT2D eigenvalue weighted by molar-refractivity contribution is 0.102. The molecule has 0 saturated heterocycles. The molecule has 6 nitrogen and oxygen atoms in total. The predicted octanol–water partition coefficient (Wildman–Crippen LogP) is 3.27. The van der Waals surface area contributed by atoms with Crippen molar-refractivity contribution >= 4 is 22.5 Å². The first-order chi connectivity index (χ1) is 12.6. The quantitative estimate of drug-likeness (QED) is 0.598. The highest BCUT2D eigenvalue weighted by Gasteiger charge is 2.11. The van der Waals surface area contributed by atoms with E-state index in [0.717, 1.165) is 11.4 Å². The number of aryl methyl sites for hydroxylation is 1. The van der Waals surface area contributed by atoms with E-state index in [1.54, 1.807) is 35.1 Å². The molecule has 2 heterocycles. The minimum atomic E-state index is -0.373. The van der Waals surface area contributed by atoms with Crippen LogP contribution in [-0.2, 0) is 0 Å². The van der Waals surface area contributed by atoms with Crippen molar-refractivity contribution in [3.63, 3.8) is 0 Å². The van der Waals surface area contributed by atoms with Gasteiger partial charge in [-0.1, -0.05) is 18.2 Å². The van der Waals surface area contributed by atoms with Crippen molar-refractivity contribution in [2.45, 2.75) is 6.92 Å². The summed E-state index contributed by atoms with van der Waals surface area (Å²) < 4.78 is 1.79. The second-order valence-electron chi connectivity index (χ2n) is 5.98. The van der Waals surface area contributed by atoms with E-state index in [1.165, 1.54) is 6.07 Å². The molecule has 26 heavy (non-hydrogen) atoms. The van der Waals surface area contributed by atoms with E-state index in [4.69, 9.17) is 0 Å². The van der Waals surface area contributed by atoms with Crippen LogP contribution in [0.4, 0.5) is 5.69 Å². The summed E-state index contributed by atoms with van der Waals surface area (Å²) in [7, 11) is 0. The average molecular weight is 344 g/mol. The lowest BCUT2D eigenvalue weighted by Crippen LogP contribution is -2.17. The molecule has 0 aliphatic heterocycles. The van der Waals surface area contributed by atoms with Gasteiger partial charge in [0.2, 0.25) is 0 Å². The number of rotatable bonds is 3. The van der Waals surface area contributed by atoms with Crippen molar-refractivity contribution in [2.75, 3.05) is 5.32 Å². The number of fused-ring (bicyclic) bond motifs is 1. The molecule has 4 aromatic rings. The van der Waals surface area contributed by atoms with Crippen molar-refractivity contribution in [3.8, 4) is 5.69 Å². The summed E-state index contributed by atoms with van der Waals surface area (Å²) in [6, 6.07) is 17.7. The van der Waals surface area contributed by atoms with Gasteiger partial charge in [-0.2, -0.15) is 5.10 Å². The molecule has 2 aromatic carbocycles. The Hall–Kier alpha value is -3.67. The van der Waals surface area contributed by atoms with Crippen LogP contribution in [0.2, 0.25) is 0 Å². The second-order valence-corrected chi connectivity index (χ2v) is 5.98.